The van der Waals surface area contributed by atoms with Crippen molar-refractivity contribution in [3.63, 3.8) is 0 Å². The molecule has 0 saturated carbocycles. The zero-order valence-corrected chi connectivity index (χ0v) is 18.8. The van der Waals surface area contributed by atoms with E-state index in [1.807, 2.05) is 30.5 Å². The highest BCUT2D eigenvalue weighted by molar-refractivity contribution is 6.31. The number of rotatable bonds is 4. The number of carbonyl (C=O) groups excluding carboxylic acids is 1. The summed E-state index contributed by atoms with van der Waals surface area (Å²) < 4.78 is 8.48. The molecule has 2 N–H and O–H groups in total. The van der Waals surface area contributed by atoms with Crippen molar-refractivity contribution in [1.82, 2.24) is 20.2 Å². The van der Waals surface area contributed by atoms with Gasteiger partial charge < -0.3 is 19.9 Å². The number of piperidine rings is 1. The molecule has 0 aliphatic carbocycles. The van der Waals surface area contributed by atoms with Crippen molar-refractivity contribution in [2.45, 2.75) is 50.5 Å². The number of aromatic nitrogens is 2. The maximum Gasteiger partial charge on any atom is 0.195 e. The van der Waals surface area contributed by atoms with Crippen molar-refractivity contribution in [3.8, 4) is 0 Å². The summed E-state index contributed by atoms with van der Waals surface area (Å²) in [6.07, 6.45) is 7.81. The molecule has 1 atom stereocenters. The quantitative estimate of drug-likeness (QED) is 0.592. The van der Waals surface area contributed by atoms with E-state index in [0.29, 0.717) is 17.7 Å². The average molecular weight is 451 g/mol. The smallest absolute Gasteiger partial charge is 0.195 e. The zero-order valence-electron chi connectivity index (χ0n) is 18.0. The average Bonchev–Trinajstić information content (AvgIpc) is 3.54. The molecule has 32 heavy (non-hydrogen) atoms. The van der Waals surface area contributed by atoms with Gasteiger partial charge in [0.15, 0.2) is 5.78 Å². The molecule has 166 valence electrons. The highest BCUT2D eigenvalue weighted by atomic mass is 35.5. The number of nitrogens with zero attached hydrogens (tertiary/aromatic N) is 2. The maximum atomic E-state index is 14.0. The Kier molecular flexibility index (Phi) is 5.06. The predicted octanol–water partition coefficient (Wildman–Crippen LogP) is 3.78. The van der Waals surface area contributed by atoms with Crippen LogP contribution in [-0.4, -0.2) is 41.0 Å². The molecule has 2 fully saturated rings. The highest BCUT2D eigenvalue weighted by Gasteiger charge is 2.44. The van der Waals surface area contributed by atoms with E-state index in [-0.39, 0.29) is 5.78 Å². The number of hydrogen-bond acceptors (Lipinski definition) is 5. The Bertz CT molecular complexity index is 1190. The van der Waals surface area contributed by atoms with E-state index in [2.05, 4.69) is 20.2 Å². The predicted molar refractivity (Wildman–Crippen MR) is 124 cm³/mol. The number of benzene rings is 1. The van der Waals surface area contributed by atoms with Crippen LogP contribution in [0.15, 0.2) is 36.7 Å². The van der Waals surface area contributed by atoms with Crippen molar-refractivity contribution in [2.75, 3.05) is 19.6 Å². The van der Waals surface area contributed by atoms with E-state index >= 15 is 0 Å². The first kappa shape index (κ1) is 20.4. The number of ether oxygens (including phenoxy) is 1. The molecule has 3 aliphatic heterocycles. The molecule has 0 bridgehead atoms. The first-order chi connectivity index (χ1) is 15.6. The summed E-state index contributed by atoms with van der Waals surface area (Å²) in [6, 6.07) is 8.10. The van der Waals surface area contributed by atoms with Gasteiger partial charge in [-0.25, -0.2) is 0 Å². The fourth-order valence-electron chi connectivity index (χ4n) is 5.71. The van der Waals surface area contributed by atoms with Gasteiger partial charge in [0.2, 0.25) is 0 Å². The molecule has 0 amide bonds. The van der Waals surface area contributed by atoms with Crippen molar-refractivity contribution >= 4 is 28.3 Å². The number of ketones is 1. The van der Waals surface area contributed by atoms with E-state index in [4.69, 9.17) is 16.3 Å². The lowest BCUT2D eigenvalue weighted by molar-refractivity contribution is -0.0595. The van der Waals surface area contributed by atoms with E-state index < -0.39 is 5.60 Å². The molecule has 2 saturated heterocycles. The number of hydrogen-bond donors (Lipinski definition) is 2. The van der Waals surface area contributed by atoms with Crippen molar-refractivity contribution in [1.29, 1.82) is 0 Å². The van der Waals surface area contributed by atoms with Crippen LogP contribution in [0.2, 0.25) is 5.02 Å². The first-order valence-corrected chi connectivity index (χ1v) is 11.9. The maximum absolute atomic E-state index is 14.0. The van der Waals surface area contributed by atoms with Crippen molar-refractivity contribution < 1.29 is 9.53 Å². The van der Waals surface area contributed by atoms with Gasteiger partial charge in [-0.15, -0.1) is 0 Å². The second-order valence-electron chi connectivity index (χ2n) is 9.19. The molecule has 6 rings (SSSR count). The Labute approximate surface area is 192 Å². The SMILES string of the molecule is O=C(c1ccnc2c1C1(CCNCC1)OC2)c1cn(C[C@@H]2CCCN2)c2cc(Cl)ccc12. The fourth-order valence-corrected chi connectivity index (χ4v) is 5.87. The van der Waals surface area contributed by atoms with E-state index in [1.54, 1.807) is 6.20 Å². The summed E-state index contributed by atoms with van der Waals surface area (Å²) in [6.45, 7) is 4.12. The number of fused-ring (bicyclic) bond motifs is 3. The lowest BCUT2D eigenvalue weighted by atomic mass is 9.81. The lowest BCUT2D eigenvalue weighted by Gasteiger charge is -2.34. The van der Waals surface area contributed by atoms with Crippen LogP contribution in [0.25, 0.3) is 10.9 Å². The summed E-state index contributed by atoms with van der Waals surface area (Å²) in [5, 5.41) is 8.59. The van der Waals surface area contributed by atoms with Gasteiger partial charge in [0.05, 0.1) is 23.4 Å². The highest BCUT2D eigenvalue weighted by Crippen LogP contribution is 2.44. The third kappa shape index (κ3) is 3.28. The molecular weight excluding hydrogens is 424 g/mol. The standard InChI is InChI=1S/C25H27ClN4O2/c26-16-3-4-18-20(14-30(22(18)12-16)13-17-2-1-8-28-17)24(31)19-5-9-29-21-15-32-25(23(19)21)6-10-27-11-7-25/h3-5,9,12,14,17,27-28H,1-2,6-8,10-11,13,15H2/t17-/m0/s1. The third-order valence-electron chi connectivity index (χ3n) is 7.29. The van der Waals surface area contributed by atoms with E-state index in [0.717, 1.165) is 78.7 Å². The molecule has 2 aromatic heterocycles. The minimum Gasteiger partial charge on any atom is -0.364 e. The van der Waals surface area contributed by atoms with Crippen LogP contribution >= 0.6 is 11.6 Å². The Hall–Kier alpha value is -2.25. The largest absolute Gasteiger partial charge is 0.364 e. The Morgan fingerprint density at radius 2 is 2.09 bits per heavy atom. The number of halogens is 1. The molecular formula is C25H27ClN4O2. The molecule has 3 aromatic rings. The lowest BCUT2D eigenvalue weighted by Crippen LogP contribution is -2.40. The van der Waals surface area contributed by atoms with Gasteiger partial charge in [-0.2, -0.15) is 0 Å². The summed E-state index contributed by atoms with van der Waals surface area (Å²) in [4.78, 5) is 18.6. The number of pyridine rings is 1. The molecule has 6 nitrogen and oxygen atoms in total. The zero-order chi connectivity index (χ0) is 21.7. The van der Waals surface area contributed by atoms with Crippen LogP contribution in [0.5, 0.6) is 0 Å². The minimum atomic E-state index is -0.407. The second-order valence-corrected chi connectivity index (χ2v) is 9.63. The summed E-state index contributed by atoms with van der Waals surface area (Å²) in [5.41, 5.74) is 3.95. The molecule has 0 radical (unpaired) electrons. The van der Waals surface area contributed by atoms with Crippen LogP contribution < -0.4 is 10.6 Å². The van der Waals surface area contributed by atoms with Crippen LogP contribution in [0.1, 0.15) is 52.9 Å². The first-order valence-electron chi connectivity index (χ1n) is 11.5. The van der Waals surface area contributed by atoms with Crippen molar-refractivity contribution in [2.24, 2.45) is 0 Å². The Morgan fingerprint density at radius 3 is 2.91 bits per heavy atom. The molecule has 1 aromatic carbocycles. The van der Waals surface area contributed by atoms with Gasteiger partial charge in [0.1, 0.15) is 0 Å². The normalized spacial score (nSPS) is 22.0. The van der Waals surface area contributed by atoms with Gasteiger partial charge in [-0.05, 0) is 63.5 Å². The molecule has 5 heterocycles. The van der Waals surface area contributed by atoms with Gasteiger partial charge >= 0.3 is 0 Å². The van der Waals surface area contributed by atoms with Crippen molar-refractivity contribution in [3.05, 3.63) is 64.1 Å². The van der Waals surface area contributed by atoms with Crippen LogP contribution in [0, 0.1) is 0 Å². The Morgan fingerprint density at radius 1 is 1.22 bits per heavy atom. The van der Waals surface area contributed by atoms with Gasteiger partial charge in [0.25, 0.3) is 0 Å². The Balaban J connectivity index is 1.45. The monoisotopic (exact) mass is 450 g/mol. The van der Waals surface area contributed by atoms with Crippen LogP contribution in [0.3, 0.4) is 0 Å². The second kappa shape index (κ2) is 7.96. The van der Waals surface area contributed by atoms with E-state index in [9.17, 15) is 4.79 Å². The summed E-state index contributed by atoms with van der Waals surface area (Å²) >= 11 is 6.34. The van der Waals surface area contributed by atoms with E-state index in [1.165, 1.54) is 6.42 Å². The fraction of sp³-hybridized carbons (Fsp3) is 0.440. The molecule has 1 spiro atoms. The number of carbonyl (C=O) groups is 1. The van der Waals surface area contributed by atoms with Crippen LogP contribution in [-0.2, 0) is 23.5 Å². The van der Waals surface area contributed by atoms with Gasteiger partial charge in [-0.3, -0.25) is 9.78 Å². The molecule has 7 heteroatoms. The summed E-state index contributed by atoms with van der Waals surface area (Å²) in [5.74, 6) is 0.0394. The minimum absolute atomic E-state index is 0.0394. The van der Waals surface area contributed by atoms with Gasteiger partial charge in [0, 0.05) is 52.1 Å². The van der Waals surface area contributed by atoms with Gasteiger partial charge in [-0.1, -0.05) is 17.7 Å². The molecule has 0 unspecified atom stereocenters. The summed E-state index contributed by atoms with van der Waals surface area (Å²) in [7, 11) is 0. The number of nitrogens with one attached hydrogen (secondary N) is 2. The topological polar surface area (TPSA) is 68.2 Å². The molecule has 3 aliphatic rings. The van der Waals surface area contributed by atoms with Crippen LogP contribution in [0.4, 0.5) is 0 Å². The third-order valence-corrected chi connectivity index (χ3v) is 7.53.